The molecule has 0 bridgehead atoms. The van der Waals surface area contributed by atoms with E-state index in [1.54, 1.807) is 0 Å². The van der Waals surface area contributed by atoms with Crippen molar-refractivity contribution in [1.82, 2.24) is 5.43 Å². The Bertz CT molecular complexity index is 354. The molecule has 0 aliphatic rings. The fraction of sp³-hybridized carbons (Fsp3) is 0.500. The van der Waals surface area contributed by atoms with Gasteiger partial charge in [0.1, 0.15) is 0 Å². The van der Waals surface area contributed by atoms with E-state index < -0.39 is 18.6 Å². The maximum Gasteiger partial charge on any atom is 0.390 e. The number of alkyl halides is 3. The molecule has 1 aromatic carbocycles. The summed E-state index contributed by atoms with van der Waals surface area (Å²) in [5.74, 6) is 5.18. The highest BCUT2D eigenvalue weighted by Gasteiger charge is 2.31. The van der Waals surface area contributed by atoms with Crippen LogP contribution in [0.5, 0.6) is 0 Å². The normalized spacial score (nSPS) is 13.8. The molecule has 96 valence electrons. The van der Waals surface area contributed by atoms with Gasteiger partial charge in [0.05, 0.1) is 6.42 Å². The third-order valence-electron chi connectivity index (χ3n) is 2.81. The summed E-state index contributed by atoms with van der Waals surface area (Å²) in [6.45, 7) is 3.78. The summed E-state index contributed by atoms with van der Waals surface area (Å²) in [5, 5.41) is 0. The molecular formula is C12H17F3N2. The van der Waals surface area contributed by atoms with Crippen molar-refractivity contribution in [2.24, 2.45) is 5.84 Å². The second-order valence-corrected chi connectivity index (χ2v) is 4.26. The molecule has 0 aliphatic carbocycles. The molecule has 17 heavy (non-hydrogen) atoms. The van der Waals surface area contributed by atoms with Gasteiger partial charge in [0, 0.05) is 6.04 Å². The molecule has 0 saturated heterocycles. The minimum atomic E-state index is -4.20. The van der Waals surface area contributed by atoms with Crippen LogP contribution >= 0.6 is 0 Å². The molecule has 1 atom stereocenters. The van der Waals surface area contributed by atoms with Gasteiger partial charge in [-0.25, -0.2) is 0 Å². The summed E-state index contributed by atoms with van der Waals surface area (Å²) in [5.41, 5.74) is 5.16. The first-order valence-corrected chi connectivity index (χ1v) is 5.41. The number of benzene rings is 1. The van der Waals surface area contributed by atoms with E-state index in [1.807, 2.05) is 32.0 Å². The van der Waals surface area contributed by atoms with E-state index in [2.05, 4.69) is 5.43 Å². The van der Waals surface area contributed by atoms with Crippen molar-refractivity contribution >= 4 is 0 Å². The largest absolute Gasteiger partial charge is 0.390 e. The minimum Gasteiger partial charge on any atom is -0.271 e. The molecule has 1 unspecified atom stereocenters. The van der Waals surface area contributed by atoms with Crippen LogP contribution < -0.4 is 11.3 Å². The SMILES string of the molecule is Cc1cccc(C)c1CC(CC(F)(F)F)NN. The highest BCUT2D eigenvalue weighted by Crippen LogP contribution is 2.24. The molecular weight excluding hydrogens is 229 g/mol. The predicted octanol–water partition coefficient (Wildman–Crippen LogP) is 2.63. The summed E-state index contributed by atoms with van der Waals surface area (Å²) in [6.07, 6.45) is -4.83. The molecule has 0 heterocycles. The van der Waals surface area contributed by atoms with Crippen LogP contribution in [0.1, 0.15) is 23.1 Å². The number of aryl methyl sites for hydroxylation is 2. The van der Waals surface area contributed by atoms with Crippen molar-refractivity contribution in [2.45, 2.75) is 38.9 Å². The Hall–Kier alpha value is -1.07. The van der Waals surface area contributed by atoms with Gasteiger partial charge < -0.3 is 0 Å². The van der Waals surface area contributed by atoms with Crippen LogP contribution in [0.25, 0.3) is 0 Å². The van der Waals surface area contributed by atoms with Gasteiger partial charge in [-0.05, 0) is 37.0 Å². The first kappa shape index (κ1) is 14.0. The average molecular weight is 246 g/mol. The molecule has 0 aromatic heterocycles. The summed E-state index contributed by atoms with van der Waals surface area (Å²) < 4.78 is 36.9. The number of nitrogens with two attached hydrogens (primary N) is 1. The lowest BCUT2D eigenvalue weighted by Gasteiger charge is -2.20. The van der Waals surface area contributed by atoms with Gasteiger partial charge in [-0.1, -0.05) is 18.2 Å². The van der Waals surface area contributed by atoms with Crippen molar-refractivity contribution in [3.8, 4) is 0 Å². The van der Waals surface area contributed by atoms with Gasteiger partial charge in [-0.15, -0.1) is 0 Å². The van der Waals surface area contributed by atoms with Gasteiger partial charge in [0.25, 0.3) is 0 Å². The Labute approximate surface area is 99.0 Å². The molecule has 0 radical (unpaired) electrons. The van der Waals surface area contributed by atoms with Gasteiger partial charge >= 0.3 is 6.18 Å². The Balaban J connectivity index is 2.81. The van der Waals surface area contributed by atoms with Gasteiger partial charge in [0.15, 0.2) is 0 Å². The number of rotatable bonds is 4. The van der Waals surface area contributed by atoms with Crippen molar-refractivity contribution in [1.29, 1.82) is 0 Å². The zero-order valence-electron chi connectivity index (χ0n) is 9.93. The summed E-state index contributed by atoms with van der Waals surface area (Å²) in [4.78, 5) is 0. The Morgan fingerprint density at radius 1 is 1.24 bits per heavy atom. The highest BCUT2D eigenvalue weighted by atomic mass is 19.4. The van der Waals surface area contributed by atoms with Gasteiger partial charge in [-0.2, -0.15) is 13.2 Å². The minimum absolute atomic E-state index is 0.286. The van der Waals surface area contributed by atoms with Crippen LogP contribution in [0.2, 0.25) is 0 Å². The Morgan fingerprint density at radius 2 is 1.76 bits per heavy atom. The topological polar surface area (TPSA) is 38.0 Å². The average Bonchev–Trinajstić information content (AvgIpc) is 2.20. The van der Waals surface area contributed by atoms with Crippen molar-refractivity contribution in [3.63, 3.8) is 0 Å². The molecule has 0 aliphatic heterocycles. The van der Waals surface area contributed by atoms with Crippen LogP contribution in [0.3, 0.4) is 0 Å². The van der Waals surface area contributed by atoms with Crippen molar-refractivity contribution < 1.29 is 13.2 Å². The fourth-order valence-corrected chi connectivity index (χ4v) is 1.89. The zero-order chi connectivity index (χ0) is 13.1. The molecule has 0 spiro atoms. The molecule has 3 N–H and O–H groups in total. The lowest BCUT2D eigenvalue weighted by molar-refractivity contribution is -0.140. The van der Waals surface area contributed by atoms with Crippen LogP contribution in [0, 0.1) is 13.8 Å². The van der Waals surface area contributed by atoms with E-state index in [4.69, 9.17) is 5.84 Å². The first-order chi connectivity index (χ1) is 7.83. The smallest absolute Gasteiger partial charge is 0.271 e. The van der Waals surface area contributed by atoms with Crippen LogP contribution in [-0.4, -0.2) is 12.2 Å². The highest BCUT2D eigenvalue weighted by molar-refractivity contribution is 5.34. The van der Waals surface area contributed by atoms with E-state index >= 15 is 0 Å². The van der Waals surface area contributed by atoms with Crippen molar-refractivity contribution in [3.05, 3.63) is 34.9 Å². The van der Waals surface area contributed by atoms with Crippen LogP contribution in [-0.2, 0) is 6.42 Å². The van der Waals surface area contributed by atoms with E-state index in [1.165, 1.54) is 0 Å². The molecule has 0 fully saturated rings. The summed E-state index contributed by atoms with van der Waals surface area (Å²) in [6, 6.07) is 4.89. The van der Waals surface area contributed by atoms with Gasteiger partial charge in [0.2, 0.25) is 0 Å². The number of hydrogen-bond acceptors (Lipinski definition) is 2. The second kappa shape index (κ2) is 5.51. The van der Waals surface area contributed by atoms with E-state index in [0.717, 1.165) is 16.7 Å². The summed E-state index contributed by atoms with van der Waals surface area (Å²) >= 11 is 0. The molecule has 0 amide bonds. The van der Waals surface area contributed by atoms with Crippen LogP contribution in [0.15, 0.2) is 18.2 Å². The molecule has 1 aromatic rings. The van der Waals surface area contributed by atoms with Gasteiger partial charge in [-0.3, -0.25) is 11.3 Å². The third kappa shape index (κ3) is 4.36. The molecule has 2 nitrogen and oxygen atoms in total. The van der Waals surface area contributed by atoms with E-state index in [9.17, 15) is 13.2 Å². The third-order valence-corrected chi connectivity index (χ3v) is 2.81. The lowest BCUT2D eigenvalue weighted by Crippen LogP contribution is -2.40. The molecule has 1 rings (SSSR count). The molecule has 5 heteroatoms. The maximum atomic E-state index is 12.3. The monoisotopic (exact) mass is 246 g/mol. The Morgan fingerprint density at radius 3 is 2.18 bits per heavy atom. The zero-order valence-corrected chi connectivity index (χ0v) is 9.93. The standard InChI is InChI=1S/C12H17F3N2/c1-8-4-3-5-9(2)11(8)6-10(17-16)7-12(13,14)15/h3-5,10,17H,6-7,16H2,1-2H3. The number of nitrogens with one attached hydrogen (secondary N) is 1. The lowest BCUT2D eigenvalue weighted by atomic mass is 9.95. The summed E-state index contributed by atoms with van der Waals surface area (Å²) in [7, 11) is 0. The Kier molecular flexibility index (Phi) is 4.54. The van der Waals surface area contributed by atoms with E-state index in [-0.39, 0.29) is 6.42 Å². The predicted molar refractivity (Wildman–Crippen MR) is 61.4 cm³/mol. The second-order valence-electron chi connectivity index (χ2n) is 4.26. The first-order valence-electron chi connectivity index (χ1n) is 5.41. The quantitative estimate of drug-likeness (QED) is 0.633. The van der Waals surface area contributed by atoms with Crippen molar-refractivity contribution in [2.75, 3.05) is 0 Å². The number of halogens is 3. The number of hydrazine groups is 1. The number of hydrogen-bond donors (Lipinski definition) is 2. The fourth-order valence-electron chi connectivity index (χ4n) is 1.89. The molecule has 0 saturated carbocycles. The maximum absolute atomic E-state index is 12.3. The van der Waals surface area contributed by atoms with E-state index in [0.29, 0.717) is 0 Å². The van der Waals surface area contributed by atoms with Crippen LogP contribution in [0.4, 0.5) is 13.2 Å².